The van der Waals surface area contributed by atoms with Crippen LogP contribution < -0.4 is 0 Å². The van der Waals surface area contributed by atoms with Gasteiger partial charge in [-0.3, -0.25) is 9.59 Å². The predicted octanol–water partition coefficient (Wildman–Crippen LogP) is 6.82. The lowest BCUT2D eigenvalue weighted by Crippen LogP contribution is -2.61. The lowest BCUT2D eigenvalue weighted by molar-refractivity contribution is -0.332. The van der Waals surface area contributed by atoms with Crippen LogP contribution in [0.3, 0.4) is 0 Å². The van der Waals surface area contributed by atoms with Crippen LogP contribution in [0, 0.1) is 0 Å². The number of carbonyl (C=O) groups excluding carboxylic acids is 2. The summed E-state index contributed by atoms with van der Waals surface area (Å²) in [6.07, 6.45) is 30.4. The SMILES string of the molecule is CC/C=C/C/C=C/C/C=C/CCCCCCCC(=O)O[C@@H](COC(=O)CCC/C=C/C/C=C/C/C=C/C/C=C/CCCCC)CO[C@@H]1O[C@H](CO[C@@H]2O[C@H](CO)[C@H](O)C(O)C2O)[C@H](O)C(O)C1O. The third-order valence-corrected chi connectivity index (χ3v) is 11.4. The van der Waals surface area contributed by atoms with Crippen molar-refractivity contribution in [2.75, 3.05) is 26.4 Å². The topological polar surface area (TPSA) is 231 Å². The van der Waals surface area contributed by atoms with Gasteiger partial charge < -0.3 is 64.2 Å². The maximum Gasteiger partial charge on any atom is 0.306 e. The summed E-state index contributed by atoms with van der Waals surface area (Å²) in [6.45, 7) is 2.35. The third-order valence-electron chi connectivity index (χ3n) is 11.4. The van der Waals surface area contributed by atoms with E-state index in [1.165, 1.54) is 19.3 Å². The molecule has 0 aromatic heterocycles. The Hall–Kier alpha value is -3.32. The lowest BCUT2D eigenvalue weighted by Gasteiger charge is -2.42. The van der Waals surface area contributed by atoms with Crippen molar-refractivity contribution in [1.82, 2.24) is 0 Å². The first-order valence-corrected chi connectivity index (χ1v) is 25.2. The molecule has 0 aromatic rings. The zero-order valence-corrected chi connectivity index (χ0v) is 40.8. The molecule has 0 spiro atoms. The molecule has 388 valence electrons. The zero-order chi connectivity index (χ0) is 49.6. The second kappa shape index (κ2) is 39.4. The molecule has 11 atom stereocenters. The standard InChI is InChI=1S/C53H86O15/c1-3-5-7-9-11-13-15-17-19-20-22-23-25-27-29-31-33-35-44(55)63-38-41(66-45(56)36-34-32-30-28-26-24-21-18-16-14-12-10-8-6-4-2)39-64-52-51(62)49(60)47(58)43(68-52)40-65-53-50(61)48(59)46(57)42(37-54)67-53/h6,8,11-14,17-19,21-23,27,29,41-43,46-54,57-62H,3-5,7,9-10,15-16,20,24-26,28,30-40H2,1-2H3/b8-6+,13-11+,14-12+,19-17+,21-18+,23-22+,29-27+/t41-,42+,43+,46-,47-,48?,49?,50?,51?,52+,53+/m0/s1. The summed E-state index contributed by atoms with van der Waals surface area (Å²) in [5, 5.41) is 72.0. The molecule has 15 heteroatoms. The van der Waals surface area contributed by atoms with Crippen LogP contribution in [0.25, 0.3) is 0 Å². The molecular formula is C53H86O15. The van der Waals surface area contributed by atoms with Crippen LogP contribution in [0.1, 0.15) is 142 Å². The highest BCUT2D eigenvalue weighted by Gasteiger charge is 2.47. The molecule has 0 saturated carbocycles. The van der Waals surface area contributed by atoms with Crippen LogP contribution in [-0.4, -0.2) is 142 Å². The van der Waals surface area contributed by atoms with E-state index in [0.717, 1.165) is 77.0 Å². The number of ether oxygens (including phenoxy) is 6. The van der Waals surface area contributed by atoms with Crippen LogP contribution in [0.15, 0.2) is 85.1 Å². The molecule has 0 aromatic carbocycles. The summed E-state index contributed by atoms with van der Waals surface area (Å²) in [6, 6.07) is 0. The highest BCUT2D eigenvalue weighted by molar-refractivity contribution is 5.70. The number of esters is 2. The van der Waals surface area contributed by atoms with Crippen LogP contribution in [-0.2, 0) is 38.0 Å². The van der Waals surface area contributed by atoms with Gasteiger partial charge in [0.2, 0.25) is 0 Å². The predicted molar refractivity (Wildman–Crippen MR) is 261 cm³/mol. The minimum absolute atomic E-state index is 0.129. The number of carbonyl (C=O) groups is 2. The molecule has 2 heterocycles. The number of allylic oxidation sites excluding steroid dienone is 14. The van der Waals surface area contributed by atoms with Gasteiger partial charge in [0.15, 0.2) is 18.7 Å². The summed E-state index contributed by atoms with van der Waals surface area (Å²) in [7, 11) is 0. The summed E-state index contributed by atoms with van der Waals surface area (Å²) < 4.78 is 33.5. The molecule has 2 fully saturated rings. The quantitative estimate of drug-likeness (QED) is 0.0193. The average molecular weight is 963 g/mol. The van der Waals surface area contributed by atoms with Crippen molar-refractivity contribution in [3.8, 4) is 0 Å². The van der Waals surface area contributed by atoms with Crippen molar-refractivity contribution in [1.29, 1.82) is 0 Å². The highest BCUT2D eigenvalue weighted by atomic mass is 16.7. The van der Waals surface area contributed by atoms with Crippen molar-refractivity contribution < 1.29 is 73.8 Å². The second-order valence-electron chi connectivity index (χ2n) is 17.3. The van der Waals surface area contributed by atoms with Crippen LogP contribution in [0.2, 0.25) is 0 Å². The van der Waals surface area contributed by atoms with Crippen molar-refractivity contribution in [2.45, 2.75) is 210 Å². The Morgan fingerprint density at radius 1 is 0.485 bits per heavy atom. The third kappa shape index (κ3) is 27.2. The van der Waals surface area contributed by atoms with Gasteiger partial charge in [-0.2, -0.15) is 0 Å². The molecule has 4 unspecified atom stereocenters. The van der Waals surface area contributed by atoms with Crippen molar-refractivity contribution in [3.05, 3.63) is 85.1 Å². The van der Waals surface area contributed by atoms with Crippen LogP contribution >= 0.6 is 0 Å². The molecule has 2 aliphatic heterocycles. The molecule has 0 radical (unpaired) electrons. The zero-order valence-electron chi connectivity index (χ0n) is 40.8. The molecule has 68 heavy (non-hydrogen) atoms. The van der Waals surface area contributed by atoms with E-state index < -0.39 is 99.3 Å². The minimum atomic E-state index is -1.78. The van der Waals surface area contributed by atoms with Gasteiger partial charge in [-0.05, 0) is 83.5 Å². The Labute approximate surface area is 405 Å². The molecule has 2 aliphatic rings. The van der Waals surface area contributed by atoms with E-state index in [0.29, 0.717) is 19.3 Å². The van der Waals surface area contributed by atoms with Crippen LogP contribution in [0.4, 0.5) is 0 Å². The molecule has 7 N–H and O–H groups in total. The van der Waals surface area contributed by atoms with E-state index in [9.17, 15) is 45.3 Å². The molecule has 0 bridgehead atoms. The van der Waals surface area contributed by atoms with E-state index in [1.807, 2.05) is 12.2 Å². The summed E-state index contributed by atoms with van der Waals surface area (Å²) in [5.41, 5.74) is 0. The second-order valence-corrected chi connectivity index (χ2v) is 17.3. The average Bonchev–Trinajstić information content (AvgIpc) is 3.33. The van der Waals surface area contributed by atoms with Gasteiger partial charge in [-0.25, -0.2) is 0 Å². The molecular weight excluding hydrogens is 877 g/mol. The van der Waals surface area contributed by atoms with E-state index >= 15 is 0 Å². The fraction of sp³-hybridized carbons (Fsp3) is 0.698. The molecule has 2 saturated heterocycles. The van der Waals surface area contributed by atoms with Gasteiger partial charge in [0.05, 0.1) is 19.8 Å². The number of hydrogen-bond acceptors (Lipinski definition) is 15. The van der Waals surface area contributed by atoms with E-state index in [-0.39, 0.29) is 19.4 Å². The Bertz CT molecular complexity index is 1510. The number of unbranched alkanes of at least 4 members (excludes halogenated alkanes) is 9. The largest absolute Gasteiger partial charge is 0.462 e. The Balaban J connectivity index is 1.86. The normalized spacial score (nSPS) is 26.5. The molecule has 0 aliphatic carbocycles. The lowest BCUT2D eigenvalue weighted by atomic mass is 9.98. The fourth-order valence-corrected chi connectivity index (χ4v) is 7.22. The summed E-state index contributed by atoms with van der Waals surface area (Å²) in [5.74, 6) is -1.02. The number of hydrogen-bond donors (Lipinski definition) is 7. The highest BCUT2D eigenvalue weighted by Crippen LogP contribution is 2.26. The molecule has 0 amide bonds. The van der Waals surface area contributed by atoms with Gasteiger partial charge in [-0.1, -0.05) is 131 Å². The van der Waals surface area contributed by atoms with E-state index in [4.69, 9.17) is 28.4 Å². The van der Waals surface area contributed by atoms with Gasteiger partial charge in [0.1, 0.15) is 55.4 Å². The maximum atomic E-state index is 13.0. The monoisotopic (exact) mass is 963 g/mol. The maximum absolute atomic E-state index is 13.0. The number of rotatable bonds is 37. The first kappa shape index (κ1) is 60.8. The van der Waals surface area contributed by atoms with Gasteiger partial charge >= 0.3 is 11.9 Å². The first-order chi connectivity index (χ1) is 33.0. The Morgan fingerprint density at radius 3 is 1.50 bits per heavy atom. The summed E-state index contributed by atoms with van der Waals surface area (Å²) in [4.78, 5) is 25.7. The Kier molecular flexibility index (Phi) is 35.2. The van der Waals surface area contributed by atoms with Crippen molar-refractivity contribution in [2.24, 2.45) is 0 Å². The van der Waals surface area contributed by atoms with Gasteiger partial charge in [0, 0.05) is 12.8 Å². The van der Waals surface area contributed by atoms with E-state index in [1.54, 1.807) is 0 Å². The number of aliphatic hydroxyl groups excluding tert-OH is 7. The van der Waals surface area contributed by atoms with Gasteiger partial charge in [0.25, 0.3) is 0 Å². The van der Waals surface area contributed by atoms with E-state index in [2.05, 4.69) is 86.8 Å². The van der Waals surface area contributed by atoms with Crippen molar-refractivity contribution >= 4 is 11.9 Å². The fourth-order valence-electron chi connectivity index (χ4n) is 7.22. The number of aliphatic hydroxyl groups is 7. The smallest absolute Gasteiger partial charge is 0.306 e. The molecule has 15 nitrogen and oxygen atoms in total. The van der Waals surface area contributed by atoms with Crippen LogP contribution in [0.5, 0.6) is 0 Å². The minimum Gasteiger partial charge on any atom is -0.462 e. The Morgan fingerprint density at radius 2 is 0.941 bits per heavy atom. The summed E-state index contributed by atoms with van der Waals surface area (Å²) >= 11 is 0. The molecule has 2 rings (SSSR count). The van der Waals surface area contributed by atoms with Crippen molar-refractivity contribution in [3.63, 3.8) is 0 Å². The van der Waals surface area contributed by atoms with Gasteiger partial charge in [-0.15, -0.1) is 0 Å². The first-order valence-electron chi connectivity index (χ1n) is 25.2.